The van der Waals surface area contributed by atoms with Crippen molar-refractivity contribution >= 4 is 11.0 Å². The summed E-state index contributed by atoms with van der Waals surface area (Å²) in [6.07, 6.45) is 0. The summed E-state index contributed by atoms with van der Waals surface area (Å²) in [5, 5.41) is 3.98. The number of halogens is 1. The smallest absolute Gasteiger partial charge is 0.169 e. The summed E-state index contributed by atoms with van der Waals surface area (Å²) in [4.78, 5) is 0. The van der Waals surface area contributed by atoms with E-state index in [1.54, 1.807) is 6.07 Å². The normalized spacial score (nSPS) is 12.7. The second kappa shape index (κ2) is 4.86. The average Bonchev–Trinajstić information content (AvgIpc) is 2.86. The van der Waals surface area contributed by atoms with Gasteiger partial charge in [-0.15, -0.1) is 0 Å². The number of furan rings is 1. The highest BCUT2D eigenvalue weighted by Gasteiger charge is 2.17. The SMILES string of the molecule is CNC(c1ccccc1)c1cc2cccc(F)c2o1. The van der Waals surface area contributed by atoms with Crippen LogP contribution < -0.4 is 5.32 Å². The summed E-state index contributed by atoms with van der Waals surface area (Å²) >= 11 is 0. The van der Waals surface area contributed by atoms with Gasteiger partial charge in [0.25, 0.3) is 0 Å². The van der Waals surface area contributed by atoms with E-state index in [0.29, 0.717) is 11.3 Å². The van der Waals surface area contributed by atoms with Gasteiger partial charge in [-0.05, 0) is 24.7 Å². The Morgan fingerprint density at radius 2 is 1.84 bits per heavy atom. The van der Waals surface area contributed by atoms with E-state index >= 15 is 0 Å². The molecule has 1 atom stereocenters. The minimum Gasteiger partial charge on any atom is -0.456 e. The molecule has 3 rings (SSSR count). The van der Waals surface area contributed by atoms with E-state index in [-0.39, 0.29) is 11.9 Å². The Hall–Kier alpha value is -2.13. The Balaban J connectivity index is 2.09. The van der Waals surface area contributed by atoms with Crippen molar-refractivity contribution in [3.05, 3.63) is 71.7 Å². The lowest BCUT2D eigenvalue weighted by Crippen LogP contribution is -2.16. The predicted octanol–water partition coefficient (Wildman–Crippen LogP) is 3.88. The fourth-order valence-corrected chi connectivity index (χ4v) is 2.31. The van der Waals surface area contributed by atoms with Crippen LogP contribution >= 0.6 is 0 Å². The zero-order valence-corrected chi connectivity index (χ0v) is 10.6. The molecule has 96 valence electrons. The molecule has 0 fully saturated rings. The Bertz CT molecular complexity index is 690. The van der Waals surface area contributed by atoms with Crippen molar-refractivity contribution < 1.29 is 8.81 Å². The lowest BCUT2D eigenvalue weighted by Gasteiger charge is -2.13. The molecule has 19 heavy (non-hydrogen) atoms. The monoisotopic (exact) mass is 255 g/mol. The van der Waals surface area contributed by atoms with Gasteiger partial charge in [0.05, 0.1) is 6.04 Å². The Kier molecular flexibility index (Phi) is 3.05. The predicted molar refractivity (Wildman–Crippen MR) is 73.5 cm³/mol. The minimum absolute atomic E-state index is 0.0759. The molecule has 1 unspecified atom stereocenters. The first kappa shape index (κ1) is 11.9. The van der Waals surface area contributed by atoms with E-state index in [1.165, 1.54) is 6.07 Å². The minimum atomic E-state index is -0.327. The van der Waals surface area contributed by atoms with E-state index in [4.69, 9.17) is 4.42 Å². The molecule has 0 bridgehead atoms. The van der Waals surface area contributed by atoms with Crippen LogP contribution in [0, 0.1) is 5.82 Å². The molecular formula is C16H14FNO. The maximum atomic E-state index is 13.7. The van der Waals surface area contributed by atoms with Crippen LogP contribution in [-0.2, 0) is 0 Å². The first-order chi connectivity index (χ1) is 9.29. The van der Waals surface area contributed by atoms with E-state index in [1.807, 2.05) is 49.5 Å². The van der Waals surface area contributed by atoms with Gasteiger partial charge in [0.2, 0.25) is 0 Å². The molecule has 1 N–H and O–H groups in total. The van der Waals surface area contributed by atoms with Crippen molar-refractivity contribution in [2.45, 2.75) is 6.04 Å². The van der Waals surface area contributed by atoms with Crippen molar-refractivity contribution in [3.63, 3.8) is 0 Å². The summed E-state index contributed by atoms with van der Waals surface area (Å²) in [7, 11) is 1.86. The van der Waals surface area contributed by atoms with Crippen LogP contribution in [0.25, 0.3) is 11.0 Å². The Morgan fingerprint density at radius 1 is 1.05 bits per heavy atom. The van der Waals surface area contributed by atoms with E-state index in [0.717, 1.165) is 10.9 Å². The highest BCUT2D eigenvalue weighted by atomic mass is 19.1. The highest BCUT2D eigenvalue weighted by Crippen LogP contribution is 2.29. The molecule has 0 aliphatic heterocycles. The zero-order valence-electron chi connectivity index (χ0n) is 10.6. The summed E-state index contributed by atoms with van der Waals surface area (Å²) in [5.74, 6) is 0.389. The van der Waals surface area contributed by atoms with Crippen LogP contribution in [0.4, 0.5) is 4.39 Å². The standard InChI is InChI=1S/C16H14FNO/c1-18-15(11-6-3-2-4-7-11)14-10-12-8-5-9-13(17)16(12)19-14/h2-10,15,18H,1H3. The van der Waals surface area contributed by atoms with Crippen LogP contribution in [-0.4, -0.2) is 7.05 Å². The van der Waals surface area contributed by atoms with E-state index in [9.17, 15) is 4.39 Å². The van der Waals surface area contributed by atoms with E-state index < -0.39 is 0 Å². The van der Waals surface area contributed by atoms with Crippen LogP contribution in [0.2, 0.25) is 0 Å². The topological polar surface area (TPSA) is 25.2 Å². The number of benzene rings is 2. The number of para-hydroxylation sites is 1. The molecule has 0 amide bonds. The van der Waals surface area contributed by atoms with Crippen molar-refractivity contribution in [2.24, 2.45) is 0 Å². The van der Waals surface area contributed by atoms with Crippen LogP contribution in [0.3, 0.4) is 0 Å². The maximum absolute atomic E-state index is 13.7. The van der Waals surface area contributed by atoms with Gasteiger partial charge < -0.3 is 9.73 Å². The van der Waals surface area contributed by atoms with Gasteiger partial charge in [0, 0.05) is 5.39 Å². The molecule has 0 aliphatic rings. The van der Waals surface area contributed by atoms with Gasteiger partial charge in [-0.3, -0.25) is 0 Å². The summed E-state index contributed by atoms with van der Waals surface area (Å²) in [5.41, 5.74) is 1.40. The molecule has 0 saturated carbocycles. The molecule has 1 heterocycles. The summed E-state index contributed by atoms with van der Waals surface area (Å²) < 4.78 is 19.3. The molecule has 2 nitrogen and oxygen atoms in total. The van der Waals surface area contributed by atoms with Gasteiger partial charge in [0.15, 0.2) is 11.4 Å². The van der Waals surface area contributed by atoms with Crippen LogP contribution in [0.15, 0.2) is 59.0 Å². The van der Waals surface area contributed by atoms with Crippen molar-refractivity contribution in [1.82, 2.24) is 5.32 Å². The molecule has 2 aromatic carbocycles. The highest BCUT2D eigenvalue weighted by molar-refractivity contribution is 5.78. The van der Waals surface area contributed by atoms with Gasteiger partial charge in [-0.25, -0.2) is 4.39 Å². The third kappa shape index (κ3) is 2.13. The summed E-state index contributed by atoms with van der Waals surface area (Å²) in [6, 6.07) is 16.7. The Morgan fingerprint density at radius 3 is 2.53 bits per heavy atom. The zero-order chi connectivity index (χ0) is 13.2. The van der Waals surface area contributed by atoms with Crippen LogP contribution in [0.1, 0.15) is 17.4 Å². The Labute approximate surface area is 110 Å². The number of fused-ring (bicyclic) bond motifs is 1. The molecule has 0 spiro atoms. The van der Waals surface area contributed by atoms with Gasteiger partial charge in [0.1, 0.15) is 5.76 Å². The van der Waals surface area contributed by atoms with Crippen LogP contribution in [0.5, 0.6) is 0 Å². The van der Waals surface area contributed by atoms with Crippen molar-refractivity contribution in [2.75, 3.05) is 7.05 Å². The molecular weight excluding hydrogens is 241 g/mol. The van der Waals surface area contributed by atoms with Gasteiger partial charge >= 0.3 is 0 Å². The number of nitrogens with one attached hydrogen (secondary N) is 1. The van der Waals surface area contributed by atoms with Crippen molar-refractivity contribution in [1.29, 1.82) is 0 Å². The molecule has 0 saturated heterocycles. The first-order valence-corrected chi connectivity index (χ1v) is 6.20. The number of hydrogen-bond donors (Lipinski definition) is 1. The number of rotatable bonds is 3. The second-order valence-electron chi connectivity index (χ2n) is 4.44. The first-order valence-electron chi connectivity index (χ1n) is 6.20. The maximum Gasteiger partial charge on any atom is 0.169 e. The molecule has 1 aromatic heterocycles. The number of hydrogen-bond acceptors (Lipinski definition) is 2. The summed E-state index contributed by atoms with van der Waals surface area (Å²) in [6.45, 7) is 0. The third-order valence-corrected chi connectivity index (χ3v) is 3.22. The third-order valence-electron chi connectivity index (χ3n) is 3.22. The second-order valence-corrected chi connectivity index (χ2v) is 4.44. The average molecular weight is 255 g/mol. The quantitative estimate of drug-likeness (QED) is 0.768. The fourth-order valence-electron chi connectivity index (χ4n) is 2.31. The molecule has 0 aliphatic carbocycles. The van der Waals surface area contributed by atoms with Gasteiger partial charge in [-0.2, -0.15) is 0 Å². The molecule has 0 radical (unpaired) electrons. The van der Waals surface area contributed by atoms with Crippen molar-refractivity contribution in [3.8, 4) is 0 Å². The molecule has 3 heteroatoms. The lowest BCUT2D eigenvalue weighted by atomic mass is 10.0. The van der Waals surface area contributed by atoms with E-state index in [2.05, 4.69) is 5.32 Å². The molecule has 3 aromatic rings. The lowest BCUT2D eigenvalue weighted by molar-refractivity contribution is 0.476. The largest absolute Gasteiger partial charge is 0.456 e. The van der Waals surface area contributed by atoms with Gasteiger partial charge in [-0.1, -0.05) is 42.5 Å². The fraction of sp³-hybridized carbons (Fsp3) is 0.125.